The van der Waals surface area contributed by atoms with Crippen LogP contribution in [0.1, 0.15) is 0 Å². The molecule has 6 nitrogen and oxygen atoms in total. The normalized spacial score (nSPS) is 13.0. The fourth-order valence-corrected chi connectivity index (χ4v) is 1.52. The number of benzene rings is 1. The van der Waals surface area contributed by atoms with Gasteiger partial charge in [-0.15, -0.1) is 0 Å². The Labute approximate surface area is 121 Å². The zero-order chi connectivity index (χ0) is 11.6. The maximum absolute atomic E-state index is 10.3. The van der Waals surface area contributed by atoms with E-state index < -0.39 is 15.9 Å². The number of fused-ring (bicyclic) bond motifs is 1. The molecule has 1 aliphatic heterocycles. The van der Waals surface area contributed by atoms with Crippen LogP contribution in [0.15, 0.2) is 18.2 Å². The van der Waals surface area contributed by atoms with Crippen molar-refractivity contribution < 1.29 is 56.7 Å². The van der Waals surface area contributed by atoms with Gasteiger partial charge in [-0.3, -0.25) is 0 Å². The van der Waals surface area contributed by atoms with E-state index in [2.05, 4.69) is 0 Å². The van der Waals surface area contributed by atoms with Crippen molar-refractivity contribution in [3.05, 3.63) is 18.2 Å². The first-order chi connectivity index (χ1) is 7.54. The first-order valence-electron chi connectivity index (χ1n) is 4.51. The summed E-state index contributed by atoms with van der Waals surface area (Å²) in [5.41, 5.74) is 0. The molecule has 0 aliphatic carbocycles. The average Bonchev–Trinajstić information content (AvgIpc) is 2.62. The van der Waals surface area contributed by atoms with Crippen LogP contribution in [0.5, 0.6) is 17.2 Å². The molecule has 1 aliphatic rings. The third-order valence-corrected chi connectivity index (χ3v) is 2.61. The standard InChI is InChI=1S/C9H10O6S.Na/c10-16(11,12)4-3-13-7-1-2-8-9(5-7)15-6-14-8;/h1-2,5H,3-4,6H2,(H,10,11,12);/q;+1/p-1. The van der Waals surface area contributed by atoms with Crippen molar-refractivity contribution >= 4 is 10.1 Å². The molecule has 0 amide bonds. The third kappa shape index (κ3) is 4.36. The molecule has 0 atom stereocenters. The van der Waals surface area contributed by atoms with Crippen molar-refractivity contribution in [2.75, 3.05) is 19.2 Å². The van der Waals surface area contributed by atoms with Gasteiger partial charge in [-0.05, 0) is 12.1 Å². The molecular formula is C9H9NaO6S. The number of ether oxygens (including phenoxy) is 3. The van der Waals surface area contributed by atoms with Gasteiger partial charge in [0.2, 0.25) is 6.79 Å². The molecule has 1 aromatic carbocycles. The van der Waals surface area contributed by atoms with E-state index in [0.717, 1.165) is 0 Å². The fourth-order valence-electron chi connectivity index (χ4n) is 1.23. The van der Waals surface area contributed by atoms with E-state index in [1.807, 2.05) is 0 Å². The first kappa shape index (κ1) is 14.6. The molecule has 0 saturated carbocycles. The minimum atomic E-state index is -4.24. The molecular weight excluding hydrogens is 259 g/mol. The van der Waals surface area contributed by atoms with Crippen LogP contribution in [0, 0.1) is 0 Å². The Hall–Kier alpha value is -0.470. The Kier molecular flexibility index (Phi) is 5.08. The molecule has 2 rings (SSSR count). The van der Waals surface area contributed by atoms with Crippen molar-refractivity contribution in [3.63, 3.8) is 0 Å². The quantitative estimate of drug-likeness (QED) is 0.438. The summed E-state index contributed by atoms with van der Waals surface area (Å²) < 4.78 is 46.3. The number of hydrogen-bond acceptors (Lipinski definition) is 6. The maximum Gasteiger partial charge on any atom is 1.00 e. The molecule has 0 unspecified atom stereocenters. The summed E-state index contributed by atoms with van der Waals surface area (Å²) in [6.07, 6.45) is 0. The second-order valence-electron chi connectivity index (χ2n) is 3.13. The zero-order valence-electron chi connectivity index (χ0n) is 9.21. The molecule has 0 fully saturated rings. The Morgan fingerprint density at radius 1 is 1.29 bits per heavy atom. The third-order valence-electron chi connectivity index (χ3n) is 1.95. The average molecular weight is 268 g/mol. The van der Waals surface area contributed by atoms with Gasteiger partial charge in [0.25, 0.3) is 0 Å². The van der Waals surface area contributed by atoms with E-state index in [9.17, 15) is 13.0 Å². The molecule has 0 radical (unpaired) electrons. The van der Waals surface area contributed by atoms with Gasteiger partial charge in [0.15, 0.2) is 11.5 Å². The van der Waals surface area contributed by atoms with Crippen LogP contribution in [-0.4, -0.2) is 32.1 Å². The number of rotatable bonds is 4. The van der Waals surface area contributed by atoms with E-state index in [1.165, 1.54) is 0 Å². The molecule has 0 spiro atoms. The first-order valence-corrected chi connectivity index (χ1v) is 6.08. The van der Waals surface area contributed by atoms with Crippen LogP contribution in [0.25, 0.3) is 0 Å². The summed E-state index contributed by atoms with van der Waals surface area (Å²) in [5, 5.41) is 0. The predicted molar refractivity (Wildman–Crippen MR) is 52.6 cm³/mol. The molecule has 1 aromatic rings. The summed E-state index contributed by atoms with van der Waals surface area (Å²) in [7, 11) is -4.24. The zero-order valence-corrected chi connectivity index (χ0v) is 12.0. The molecule has 17 heavy (non-hydrogen) atoms. The second kappa shape index (κ2) is 5.92. The molecule has 0 saturated heterocycles. The molecule has 0 aromatic heterocycles. The van der Waals surface area contributed by atoms with Crippen molar-refractivity contribution in [3.8, 4) is 17.2 Å². The van der Waals surface area contributed by atoms with E-state index in [1.54, 1.807) is 18.2 Å². The van der Waals surface area contributed by atoms with Gasteiger partial charge < -0.3 is 18.8 Å². The van der Waals surface area contributed by atoms with Gasteiger partial charge in [-0.25, -0.2) is 8.42 Å². The second-order valence-corrected chi connectivity index (χ2v) is 4.65. The van der Waals surface area contributed by atoms with Crippen molar-refractivity contribution in [2.24, 2.45) is 0 Å². The minimum absolute atomic E-state index is 0. The molecule has 0 N–H and O–H groups in total. The van der Waals surface area contributed by atoms with Gasteiger partial charge in [0.1, 0.15) is 12.4 Å². The predicted octanol–water partition coefficient (Wildman–Crippen LogP) is -2.66. The topological polar surface area (TPSA) is 84.9 Å². The van der Waals surface area contributed by atoms with Gasteiger partial charge in [0.05, 0.1) is 15.9 Å². The maximum atomic E-state index is 10.3. The van der Waals surface area contributed by atoms with Crippen LogP contribution in [-0.2, 0) is 10.1 Å². The van der Waals surface area contributed by atoms with Crippen molar-refractivity contribution in [1.82, 2.24) is 0 Å². The van der Waals surface area contributed by atoms with E-state index >= 15 is 0 Å². The van der Waals surface area contributed by atoms with Gasteiger partial charge >= 0.3 is 29.6 Å². The largest absolute Gasteiger partial charge is 1.00 e. The van der Waals surface area contributed by atoms with Crippen molar-refractivity contribution in [1.29, 1.82) is 0 Å². The Balaban J connectivity index is 0.00000144. The van der Waals surface area contributed by atoms with Crippen LogP contribution in [0.4, 0.5) is 0 Å². The van der Waals surface area contributed by atoms with E-state index in [4.69, 9.17) is 14.2 Å². The SMILES string of the molecule is O=S(=O)([O-])CCOc1ccc2c(c1)OCO2.[Na+]. The summed E-state index contributed by atoms with van der Waals surface area (Å²) in [6, 6.07) is 4.86. The minimum Gasteiger partial charge on any atom is -0.748 e. The van der Waals surface area contributed by atoms with Gasteiger partial charge in [-0.1, -0.05) is 0 Å². The summed E-state index contributed by atoms with van der Waals surface area (Å²) >= 11 is 0. The Bertz CT molecular complexity index is 486. The van der Waals surface area contributed by atoms with E-state index in [0.29, 0.717) is 17.2 Å². The fraction of sp³-hybridized carbons (Fsp3) is 0.333. The smallest absolute Gasteiger partial charge is 0.748 e. The molecule has 1 heterocycles. The summed E-state index contributed by atoms with van der Waals surface area (Å²) in [6.45, 7) is -0.0147. The van der Waals surface area contributed by atoms with Crippen molar-refractivity contribution in [2.45, 2.75) is 0 Å². The van der Waals surface area contributed by atoms with Crippen LogP contribution >= 0.6 is 0 Å². The Morgan fingerprint density at radius 2 is 2.00 bits per heavy atom. The molecule has 88 valence electrons. The molecule has 0 bridgehead atoms. The summed E-state index contributed by atoms with van der Waals surface area (Å²) in [5.74, 6) is 1.04. The summed E-state index contributed by atoms with van der Waals surface area (Å²) in [4.78, 5) is 0. The van der Waals surface area contributed by atoms with Crippen LogP contribution in [0.2, 0.25) is 0 Å². The van der Waals surface area contributed by atoms with Gasteiger partial charge in [0, 0.05) is 6.07 Å². The van der Waals surface area contributed by atoms with Gasteiger partial charge in [-0.2, -0.15) is 0 Å². The van der Waals surface area contributed by atoms with Crippen LogP contribution in [0.3, 0.4) is 0 Å². The monoisotopic (exact) mass is 268 g/mol. The van der Waals surface area contributed by atoms with Crippen LogP contribution < -0.4 is 43.8 Å². The van der Waals surface area contributed by atoms with E-state index in [-0.39, 0.29) is 43.0 Å². The Morgan fingerprint density at radius 3 is 2.71 bits per heavy atom. The number of hydrogen-bond donors (Lipinski definition) is 0. The molecule has 8 heteroatoms.